The van der Waals surface area contributed by atoms with E-state index < -0.39 is 18.4 Å². The van der Waals surface area contributed by atoms with Crippen molar-refractivity contribution in [1.29, 1.82) is 0 Å². The van der Waals surface area contributed by atoms with Crippen LogP contribution in [0.5, 0.6) is 0 Å². The zero-order chi connectivity index (χ0) is 14.5. The molecule has 0 atom stereocenters. The number of rotatable bonds is 3. The van der Waals surface area contributed by atoms with Crippen molar-refractivity contribution in [2.75, 3.05) is 0 Å². The molecule has 100 valence electrons. The molecule has 3 rings (SSSR count). The van der Waals surface area contributed by atoms with Crippen LogP contribution in [0.4, 0.5) is 0 Å². The SMILES string of the molecule is C#[C][Sn]([c]1ccccc1)([c]1ccccc1)[c]1ccccc1. The van der Waals surface area contributed by atoms with Gasteiger partial charge in [0.25, 0.3) is 0 Å². The molecule has 0 aliphatic carbocycles. The van der Waals surface area contributed by atoms with E-state index in [0.717, 1.165) is 0 Å². The predicted octanol–water partition coefficient (Wildman–Crippen LogP) is 2.33. The van der Waals surface area contributed by atoms with Gasteiger partial charge in [-0.2, -0.15) is 0 Å². The van der Waals surface area contributed by atoms with E-state index in [1.54, 1.807) is 0 Å². The third-order valence-corrected chi connectivity index (χ3v) is 15.3. The Morgan fingerprint density at radius 1 is 0.524 bits per heavy atom. The molecule has 0 bridgehead atoms. The van der Waals surface area contributed by atoms with E-state index >= 15 is 0 Å². The number of hydrogen-bond donors (Lipinski definition) is 0. The quantitative estimate of drug-likeness (QED) is 0.487. The molecule has 0 spiro atoms. The van der Waals surface area contributed by atoms with Gasteiger partial charge in [-0.15, -0.1) is 0 Å². The van der Waals surface area contributed by atoms with Gasteiger partial charge < -0.3 is 0 Å². The van der Waals surface area contributed by atoms with Crippen LogP contribution >= 0.6 is 0 Å². The van der Waals surface area contributed by atoms with Crippen molar-refractivity contribution in [2.45, 2.75) is 0 Å². The molecule has 0 aliphatic heterocycles. The van der Waals surface area contributed by atoms with Gasteiger partial charge >= 0.3 is 130 Å². The first-order valence-electron chi connectivity index (χ1n) is 7.02. The topological polar surface area (TPSA) is 0 Å². The minimum atomic E-state index is -3.30. The van der Waals surface area contributed by atoms with Gasteiger partial charge in [-0.1, -0.05) is 0 Å². The van der Waals surface area contributed by atoms with Crippen LogP contribution in [0.3, 0.4) is 0 Å². The second-order valence-electron chi connectivity index (χ2n) is 4.99. The summed E-state index contributed by atoms with van der Waals surface area (Å²) >= 11 is -3.30. The summed E-state index contributed by atoms with van der Waals surface area (Å²) in [6.45, 7) is 0. The monoisotopic (exact) mass is 376 g/mol. The molecule has 0 saturated carbocycles. The molecular weight excluding hydrogens is 359 g/mol. The zero-order valence-electron chi connectivity index (χ0n) is 11.7. The molecule has 0 fully saturated rings. The van der Waals surface area contributed by atoms with Gasteiger partial charge in [0.2, 0.25) is 0 Å². The van der Waals surface area contributed by atoms with Crippen LogP contribution in [0.25, 0.3) is 0 Å². The first-order valence-corrected chi connectivity index (χ1v) is 12.7. The van der Waals surface area contributed by atoms with Gasteiger partial charge in [0.15, 0.2) is 0 Å². The summed E-state index contributed by atoms with van der Waals surface area (Å²) in [7, 11) is 0. The van der Waals surface area contributed by atoms with Gasteiger partial charge in [0.1, 0.15) is 0 Å². The van der Waals surface area contributed by atoms with Gasteiger partial charge in [0.05, 0.1) is 0 Å². The standard InChI is InChI=1S/3C6H5.C2H.Sn/c3*1-2-4-6-5-3-1;1-2;/h3*1-5H;1H;. The molecule has 0 amide bonds. The molecule has 0 aromatic heterocycles. The van der Waals surface area contributed by atoms with E-state index in [9.17, 15) is 0 Å². The Morgan fingerprint density at radius 2 is 0.810 bits per heavy atom. The molecule has 3 aromatic carbocycles. The van der Waals surface area contributed by atoms with Crippen molar-refractivity contribution in [3.05, 3.63) is 91.0 Å². The molecule has 3 aromatic rings. The van der Waals surface area contributed by atoms with Gasteiger partial charge in [-0.05, 0) is 0 Å². The molecule has 0 N–H and O–H groups in total. The van der Waals surface area contributed by atoms with Crippen molar-refractivity contribution in [1.82, 2.24) is 0 Å². The van der Waals surface area contributed by atoms with E-state index in [4.69, 9.17) is 6.42 Å². The molecule has 21 heavy (non-hydrogen) atoms. The van der Waals surface area contributed by atoms with E-state index in [1.807, 2.05) is 18.2 Å². The summed E-state index contributed by atoms with van der Waals surface area (Å²) in [6.07, 6.45) is 6.15. The van der Waals surface area contributed by atoms with E-state index in [0.29, 0.717) is 0 Å². The van der Waals surface area contributed by atoms with Gasteiger partial charge in [-0.3, -0.25) is 0 Å². The Labute approximate surface area is 130 Å². The van der Waals surface area contributed by atoms with Crippen LogP contribution in [-0.2, 0) is 0 Å². The van der Waals surface area contributed by atoms with Crippen molar-refractivity contribution in [2.24, 2.45) is 0 Å². The summed E-state index contributed by atoms with van der Waals surface area (Å²) in [5, 5.41) is 0. The average molecular weight is 375 g/mol. The van der Waals surface area contributed by atoms with Gasteiger partial charge in [-0.25, -0.2) is 0 Å². The molecule has 0 saturated heterocycles. The van der Waals surface area contributed by atoms with E-state index in [1.165, 1.54) is 10.7 Å². The summed E-state index contributed by atoms with van der Waals surface area (Å²) in [5.74, 6) is 0. The summed E-state index contributed by atoms with van der Waals surface area (Å²) < 4.78 is 7.25. The fraction of sp³-hybridized carbons (Fsp3) is 0. The Hall–Kier alpha value is -1.98. The zero-order valence-corrected chi connectivity index (χ0v) is 14.6. The van der Waals surface area contributed by atoms with Crippen LogP contribution in [0.1, 0.15) is 0 Å². The molecule has 0 nitrogen and oxygen atoms in total. The fourth-order valence-corrected chi connectivity index (χ4v) is 13.0. The Bertz CT molecular complexity index is 643. The Balaban J connectivity index is 2.32. The summed E-state index contributed by atoms with van der Waals surface area (Å²) in [4.78, 5) is 0. The van der Waals surface area contributed by atoms with Crippen LogP contribution in [-0.4, -0.2) is 18.4 Å². The minimum absolute atomic E-state index is 1.33. The fourth-order valence-electron chi connectivity index (χ4n) is 2.81. The number of terminal acetylenes is 1. The maximum atomic E-state index is 6.15. The number of benzene rings is 3. The molecule has 0 radical (unpaired) electrons. The third-order valence-electron chi connectivity index (χ3n) is 3.84. The van der Waals surface area contributed by atoms with Crippen molar-refractivity contribution < 1.29 is 0 Å². The first kappa shape index (κ1) is 14.0. The Kier molecular flexibility index (Phi) is 4.12. The van der Waals surface area contributed by atoms with Crippen molar-refractivity contribution >= 4 is 29.1 Å². The average Bonchev–Trinajstić information content (AvgIpc) is 2.59. The van der Waals surface area contributed by atoms with Crippen LogP contribution in [0, 0.1) is 10.4 Å². The first-order chi connectivity index (χ1) is 10.4. The van der Waals surface area contributed by atoms with Crippen molar-refractivity contribution in [3.63, 3.8) is 0 Å². The second kappa shape index (κ2) is 6.20. The van der Waals surface area contributed by atoms with E-state index in [2.05, 4.69) is 76.7 Å². The normalized spacial score (nSPS) is 10.8. The number of hydrogen-bond acceptors (Lipinski definition) is 0. The third kappa shape index (κ3) is 2.50. The molecule has 1 heteroatoms. The summed E-state index contributed by atoms with van der Waals surface area (Å²) in [5.41, 5.74) is 0. The van der Waals surface area contributed by atoms with Crippen LogP contribution < -0.4 is 10.7 Å². The maximum absolute atomic E-state index is 6.15. The molecular formula is C20H16Sn. The van der Waals surface area contributed by atoms with Crippen molar-refractivity contribution in [3.8, 4) is 10.4 Å². The predicted molar refractivity (Wildman–Crippen MR) is 92.8 cm³/mol. The van der Waals surface area contributed by atoms with Crippen LogP contribution in [0.2, 0.25) is 0 Å². The van der Waals surface area contributed by atoms with Crippen LogP contribution in [0.15, 0.2) is 91.0 Å². The van der Waals surface area contributed by atoms with Gasteiger partial charge in [0, 0.05) is 0 Å². The second-order valence-corrected chi connectivity index (χ2v) is 15.0. The molecule has 0 aliphatic rings. The molecule has 0 unspecified atom stereocenters. The van der Waals surface area contributed by atoms with E-state index in [-0.39, 0.29) is 0 Å². The summed E-state index contributed by atoms with van der Waals surface area (Å²) in [6, 6.07) is 31.8. The molecule has 0 heterocycles. The Morgan fingerprint density at radius 3 is 1.05 bits per heavy atom.